The van der Waals surface area contributed by atoms with Gasteiger partial charge in [-0.2, -0.15) is 0 Å². The Balaban J connectivity index is 2.57. The van der Waals surface area contributed by atoms with Gasteiger partial charge in [-0.1, -0.05) is 17.7 Å². The van der Waals surface area contributed by atoms with E-state index >= 15 is 0 Å². The van der Waals surface area contributed by atoms with E-state index in [0.717, 1.165) is 5.56 Å². The number of carboxylic acid groups (broad SMARTS) is 1. The Morgan fingerprint density at radius 2 is 1.94 bits per heavy atom. The molecule has 1 aromatic rings. The number of rotatable bonds is 4. The summed E-state index contributed by atoms with van der Waals surface area (Å²) in [5.41, 5.74) is 7.09. The highest BCUT2D eigenvalue weighted by Gasteiger charge is 2.16. The van der Waals surface area contributed by atoms with Gasteiger partial charge in [0.05, 0.1) is 12.5 Å². The molecular formula is C11H14N2O3. The standard InChI is InChI=1S/C11H14N2O3/c1-7-2-4-8(5-3-7)13-11(16)9(12)6-10(14)15/h2-5,9H,6,12H2,1H3,(H,13,16)(H,14,15). The Morgan fingerprint density at radius 1 is 1.38 bits per heavy atom. The summed E-state index contributed by atoms with van der Waals surface area (Å²) >= 11 is 0. The number of nitrogens with one attached hydrogen (secondary N) is 1. The second-order valence-electron chi connectivity index (χ2n) is 3.56. The van der Waals surface area contributed by atoms with E-state index in [1.807, 2.05) is 19.1 Å². The van der Waals surface area contributed by atoms with Crippen molar-refractivity contribution in [1.29, 1.82) is 0 Å². The predicted octanol–water partition coefficient (Wildman–Crippen LogP) is 0.736. The number of carbonyl (C=O) groups excluding carboxylic acids is 1. The van der Waals surface area contributed by atoms with Gasteiger partial charge in [0, 0.05) is 5.69 Å². The molecule has 4 N–H and O–H groups in total. The van der Waals surface area contributed by atoms with E-state index in [2.05, 4.69) is 5.32 Å². The highest BCUT2D eigenvalue weighted by atomic mass is 16.4. The van der Waals surface area contributed by atoms with Crippen LogP contribution in [0.15, 0.2) is 24.3 Å². The van der Waals surface area contributed by atoms with Gasteiger partial charge in [-0.15, -0.1) is 0 Å². The highest BCUT2D eigenvalue weighted by molar-refractivity contribution is 5.96. The smallest absolute Gasteiger partial charge is 0.305 e. The summed E-state index contributed by atoms with van der Waals surface area (Å²) in [4.78, 5) is 21.8. The number of aryl methyl sites for hydroxylation is 1. The third-order valence-electron chi connectivity index (χ3n) is 2.05. The number of benzene rings is 1. The third kappa shape index (κ3) is 3.70. The molecule has 0 bridgehead atoms. The first-order valence-corrected chi connectivity index (χ1v) is 4.84. The number of nitrogens with two attached hydrogens (primary N) is 1. The number of hydrogen-bond donors (Lipinski definition) is 3. The fourth-order valence-electron chi connectivity index (χ4n) is 1.15. The second-order valence-corrected chi connectivity index (χ2v) is 3.56. The molecule has 16 heavy (non-hydrogen) atoms. The van der Waals surface area contributed by atoms with Gasteiger partial charge in [-0.25, -0.2) is 0 Å². The van der Waals surface area contributed by atoms with Crippen LogP contribution in [0.25, 0.3) is 0 Å². The maximum atomic E-state index is 11.4. The lowest BCUT2D eigenvalue weighted by molar-refractivity contribution is -0.138. The summed E-state index contributed by atoms with van der Waals surface area (Å²) in [6.45, 7) is 1.93. The SMILES string of the molecule is Cc1ccc(NC(=O)C(N)CC(=O)O)cc1. The summed E-state index contributed by atoms with van der Waals surface area (Å²) in [5.74, 6) is -1.59. The maximum Gasteiger partial charge on any atom is 0.305 e. The van der Waals surface area contributed by atoms with E-state index in [4.69, 9.17) is 10.8 Å². The van der Waals surface area contributed by atoms with Crippen molar-refractivity contribution < 1.29 is 14.7 Å². The van der Waals surface area contributed by atoms with Crippen LogP contribution in [0.4, 0.5) is 5.69 Å². The highest BCUT2D eigenvalue weighted by Crippen LogP contribution is 2.09. The van der Waals surface area contributed by atoms with Gasteiger partial charge >= 0.3 is 5.97 Å². The van der Waals surface area contributed by atoms with E-state index in [-0.39, 0.29) is 6.42 Å². The second kappa shape index (κ2) is 5.27. The topological polar surface area (TPSA) is 92.4 Å². The molecule has 1 unspecified atom stereocenters. The Bertz CT molecular complexity index is 387. The monoisotopic (exact) mass is 222 g/mol. The van der Waals surface area contributed by atoms with E-state index in [1.165, 1.54) is 0 Å². The number of anilines is 1. The lowest BCUT2D eigenvalue weighted by atomic mass is 10.2. The third-order valence-corrected chi connectivity index (χ3v) is 2.05. The van der Waals surface area contributed by atoms with Gasteiger partial charge in [0.1, 0.15) is 0 Å². The molecule has 0 aromatic heterocycles. The lowest BCUT2D eigenvalue weighted by Gasteiger charge is -2.10. The summed E-state index contributed by atoms with van der Waals surface area (Å²) in [7, 11) is 0. The maximum absolute atomic E-state index is 11.4. The number of carboxylic acids is 1. The van der Waals surface area contributed by atoms with Crippen LogP contribution in [-0.4, -0.2) is 23.0 Å². The number of aliphatic carboxylic acids is 1. The zero-order chi connectivity index (χ0) is 12.1. The summed E-state index contributed by atoms with van der Waals surface area (Å²) in [6, 6.07) is 6.14. The van der Waals surface area contributed by atoms with E-state index in [0.29, 0.717) is 5.69 Å². The molecule has 1 amide bonds. The van der Waals surface area contributed by atoms with Crippen LogP contribution in [0.1, 0.15) is 12.0 Å². The van der Waals surface area contributed by atoms with Crippen LogP contribution in [-0.2, 0) is 9.59 Å². The van der Waals surface area contributed by atoms with Gasteiger partial charge in [0.25, 0.3) is 0 Å². The van der Waals surface area contributed by atoms with Crippen LogP contribution in [0.2, 0.25) is 0 Å². The minimum absolute atomic E-state index is 0.377. The molecule has 0 aliphatic rings. The molecule has 0 heterocycles. The largest absolute Gasteiger partial charge is 0.481 e. The molecule has 5 heteroatoms. The van der Waals surface area contributed by atoms with Crippen molar-refractivity contribution in [2.24, 2.45) is 5.73 Å². The fraction of sp³-hybridized carbons (Fsp3) is 0.273. The van der Waals surface area contributed by atoms with Gasteiger partial charge < -0.3 is 16.2 Å². The average molecular weight is 222 g/mol. The van der Waals surface area contributed by atoms with Gasteiger partial charge in [-0.05, 0) is 19.1 Å². The van der Waals surface area contributed by atoms with Crippen molar-refractivity contribution in [1.82, 2.24) is 0 Å². The van der Waals surface area contributed by atoms with Crippen LogP contribution in [0, 0.1) is 6.92 Å². The molecule has 5 nitrogen and oxygen atoms in total. The summed E-state index contributed by atoms with van der Waals surface area (Å²) in [6.07, 6.45) is -0.377. The molecule has 0 aliphatic carbocycles. The molecule has 0 radical (unpaired) electrons. The minimum Gasteiger partial charge on any atom is -0.481 e. The number of hydrogen-bond acceptors (Lipinski definition) is 3. The molecule has 0 aliphatic heterocycles. The van der Waals surface area contributed by atoms with Crippen molar-refractivity contribution in [3.05, 3.63) is 29.8 Å². The van der Waals surface area contributed by atoms with E-state index in [9.17, 15) is 9.59 Å². The zero-order valence-electron chi connectivity index (χ0n) is 8.93. The van der Waals surface area contributed by atoms with E-state index < -0.39 is 17.9 Å². The Kier molecular flexibility index (Phi) is 4.02. The van der Waals surface area contributed by atoms with Crippen LogP contribution in [0.5, 0.6) is 0 Å². The number of carbonyl (C=O) groups is 2. The molecule has 0 fully saturated rings. The van der Waals surface area contributed by atoms with Crippen molar-refractivity contribution in [3.63, 3.8) is 0 Å². The van der Waals surface area contributed by atoms with Crippen LogP contribution >= 0.6 is 0 Å². The van der Waals surface area contributed by atoms with Crippen molar-refractivity contribution >= 4 is 17.6 Å². The predicted molar refractivity (Wildman–Crippen MR) is 60.0 cm³/mol. The lowest BCUT2D eigenvalue weighted by Crippen LogP contribution is -2.37. The van der Waals surface area contributed by atoms with Crippen molar-refractivity contribution in [2.45, 2.75) is 19.4 Å². The van der Waals surface area contributed by atoms with Gasteiger partial charge in [-0.3, -0.25) is 9.59 Å². The summed E-state index contributed by atoms with van der Waals surface area (Å²) < 4.78 is 0. The normalized spacial score (nSPS) is 11.9. The van der Waals surface area contributed by atoms with E-state index in [1.54, 1.807) is 12.1 Å². The van der Waals surface area contributed by atoms with Crippen LogP contribution in [0.3, 0.4) is 0 Å². The van der Waals surface area contributed by atoms with Gasteiger partial charge in [0.15, 0.2) is 0 Å². The number of amides is 1. The molecule has 1 aromatic carbocycles. The molecule has 1 rings (SSSR count). The quantitative estimate of drug-likeness (QED) is 0.700. The summed E-state index contributed by atoms with van der Waals surface area (Å²) in [5, 5.41) is 11.0. The van der Waals surface area contributed by atoms with Crippen LogP contribution < -0.4 is 11.1 Å². The minimum atomic E-state index is -1.09. The Labute approximate surface area is 93.3 Å². The van der Waals surface area contributed by atoms with Gasteiger partial charge in [0.2, 0.25) is 5.91 Å². The zero-order valence-corrected chi connectivity index (χ0v) is 8.93. The molecule has 0 spiro atoms. The first-order valence-electron chi connectivity index (χ1n) is 4.84. The molecule has 0 saturated heterocycles. The molecule has 86 valence electrons. The fourth-order valence-corrected chi connectivity index (χ4v) is 1.15. The molecule has 0 saturated carbocycles. The Morgan fingerprint density at radius 3 is 2.44 bits per heavy atom. The molecular weight excluding hydrogens is 208 g/mol. The first kappa shape index (κ1) is 12.2. The average Bonchev–Trinajstić information content (AvgIpc) is 2.20. The first-order chi connectivity index (χ1) is 7.49. The Hall–Kier alpha value is -1.88. The van der Waals surface area contributed by atoms with Crippen molar-refractivity contribution in [2.75, 3.05) is 5.32 Å². The van der Waals surface area contributed by atoms with Crippen molar-refractivity contribution in [3.8, 4) is 0 Å². The molecule has 1 atom stereocenters.